The maximum Gasteiger partial charge on any atom is 0.319 e. The number of hydrogen-bond acceptors (Lipinski definition) is 3. The molecule has 6 nitrogen and oxygen atoms in total. The van der Waals surface area contributed by atoms with E-state index in [9.17, 15) is 9.59 Å². The summed E-state index contributed by atoms with van der Waals surface area (Å²) in [6.07, 6.45) is 0. The van der Waals surface area contributed by atoms with Gasteiger partial charge in [-0.2, -0.15) is 0 Å². The van der Waals surface area contributed by atoms with Crippen LogP contribution in [0.3, 0.4) is 0 Å². The number of anilines is 1. The maximum atomic E-state index is 11.8. The van der Waals surface area contributed by atoms with E-state index in [1.807, 2.05) is 32.9 Å². The van der Waals surface area contributed by atoms with Crippen LogP contribution in [0.4, 0.5) is 10.5 Å². The Kier molecular flexibility index (Phi) is 5.52. The van der Waals surface area contributed by atoms with Crippen LogP contribution < -0.4 is 22.1 Å². The van der Waals surface area contributed by atoms with E-state index in [0.29, 0.717) is 5.69 Å². The number of nitrogens with one attached hydrogen (secondary N) is 2. The molecule has 20 heavy (non-hydrogen) atoms. The largest absolute Gasteiger partial charge is 0.368 e. The van der Waals surface area contributed by atoms with Crippen molar-refractivity contribution in [1.29, 1.82) is 0 Å². The van der Waals surface area contributed by atoms with Crippen LogP contribution in [-0.4, -0.2) is 18.0 Å². The molecule has 2 atom stereocenters. The van der Waals surface area contributed by atoms with Crippen LogP contribution in [0.1, 0.15) is 32.4 Å². The fourth-order valence-corrected chi connectivity index (χ4v) is 1.74. The zero-order valence-electron chi connectivity index (χ0n) is 12.0. The number of urea groups is 1. The first-order valence-corrected chi connectivity index (χ1v) is 6.53. The Morgan fingerprint density at radius 2 is 1.65 bits per heavy atom. The van der Waals surface area contributed by atoms with Crippen molar-refractivity contribution in [2.75, 3.05) is 5.32 Å². The molecule has 1 rings (SSSR count). The molecule has 6 heteroatoms. The molecule has 0 fully saturated rings. The van der Waals surface area contributed by atoms with Crippen molar-refractivity contribution in [3.05, 3.63) is 29.8 Å². The lowest BCUT2D eigenvalue weighted by atomic mass is 10.0. The van der Waals surface area contributed by atoms with E-state index in [2.05, 4.69) is 10.6 Å². The molecule has 1 aromatic rings. The van der Waals surface area contributed by atoms with Crippen molar-refractivity contribution in [2.45, 2.75) is 32.9 Å². The van der Waals surface area contributed by atoms with Gasteiger partial charge >= 0.3 is 6.03 Å². The molecule has 0 aliphatic rings. The number of amides is 3. The molecule has 3 amide bonds. The minimum Gasteiger partial charge on any atom is -0.368 e. The number of carbonyl (C=O) groups is 2. The van der Waals surface area contributed by atoms with Gasteiger partial charge in [0.05, 0.1) is 0 Å². The summed E-state index contributed by atoms with van der Waals surface area (Å²) in [4.78, 5) is 23.0. The lowest BCUT2D eigenvalue weighted by Gasteiger charge is -2.19. The molecule has 0 bridgehead atoms. The molecule has 0 saturated carbocycles. The molecule has 1 aromatic carbocycles. The van der Waals surface area contributed by atoms with Gasteiger partial charge in [-0.1, -0.05) is 26.0 Å². The summed E-state index contributed by atoms with van der Waals surface area (Å²) in [5.74, 6) is -0.624. The van der Waals surface area contributed by atoms with Crippen molar-refractivity contribution in [1.82, 2.24) is 5.32 Å². The normalized spacial score (nSPS) is 13.7. The summed E-state index contributed by atoms with van der Waals surface area (Å²) in [5.41, 5.74) is 12.6. The Labute approximate surface area is 118 Å². The zero-order chi connectivity index (χ0) is 15.3. The minimum atomic E-state index is -0.696. The zero-order valence-corrected chi connectivity index (χ0v) is 12.0. The van der Waals surface area contributed by atoms with Crippen LogP contribution >= 0.6 is 0 Å². The Hall–Kier alpha value is -2.08. The molecular weight excluding hydrogens is 256 g/mol. The average Bonchev–Trinajstić information content (AvgIpc) is 2.35. The summed E-state index contributed by atoms with van der Waals surface area (Å²) in [5, 5.41) is 5.20. The summed E-state index contributed by atoms with van der Waals surface area (Å²) in [6, 6.07) is 5.98. The van der Waals surface area contributed by atoms with E-state index in [0.717, 1.165) is 5.56 Å². The molecule has 0 aromatic heterocycles. The van der Waals surface area contributed by atoms with Crippen LogP contribution in [0.5, 0.6) is 0 Å². The van der Waals surface area contributed by atoms with Gasteiger partial charge in [0.2, 0.25) is 5.91 Å². The van der Waals surface area contributed by atoms with E-state index in [1.165, 1.54) is 0 Å². The van der Waals surface area contributed by atoms with Crippen molar-refractivity contribution in [2.24, 2.45) is 17.4 Å². The lowest BCUT2D eigenvalue weighted by molar-refractivity contribution is -0.120. The Morgan fingerprint density at radius 1 is 1.10 bits per heavy atom. The molecule has 6 N–H and O–H groups in total. The molecule has 2 unspecified atom stereocenters. The Morgan fingerprint density at radius 3 is 2.05 bits per heavy atom. The third-order valence-corrected chi connectivity index (χ3v) is 2.95. The first kappa shape index (κ1) is 16.0. The summed E-state index contributed by atoms with van der Waals surface area (Å²) in [6.45, 7) is 5.51. The van der Waals surface area contributed by atoms with Crippen LogP contribution in [0.25, 0.3) is 0 Å². The van der Waals surface area contributed by atoms with E-state index >= 15 is 0 Å². The van der Waals surface area contributed by atoms with Crippen molar-refractivity contribution >= 4 is 17.6 Å². The average molecular weight is 278 g/mol. The quantitative estimate of drug-likeness (QED) is 0.652. The molecule has 0 aliphatic carbocycles. The van der Waals surface area contributed by atoms with Crippen molar-refractivity contribution in [3.63, 3.8) is 0 Å². The van der Waals surface area contributed by atoms with Gasteiger partial charge in [-0.05, 0) is 30.5 Å². The van der Waals surface area contributed by atoms with Gasteiger partial charge in [0.1, 0.15) is 6.04 Å². The summed E-state index contributed by atoms with van der Waals surface area (Å²) in [7, 11) is 0. The highest BCUT2D eigenvalue weighted by atomic mass is 16.2. The summed E-state index contributed by atoms with van der Waals surface area (Å²) >= 11 is 0. The third kappa shape index (κ3) is 4.55. The van der Waals surface area contributed by atoms with Crippen LogP contribution in [0, 0.1) is 5.92 Å². The lowest BCUT2D eigenvalue weighted by Crippen LogP contribution is -2.49. The van der Waals surface area contributed by atoms with E-state index < -0.39 is 18.0 Å². The SMILES string of the molecule is CC(N)c1ccc(NC(=O)NC(C(N)=O)C(C)C)cc1. The van der Waals surface area contributed by atoms with Crippen molar-refractivity contribution in [3.8, 4) is 0 Å². The Balaban J connectivity index is 2.64. The highest BCUT2D eigenvalue weighted by Crippen LogP contribution is 2.14. The molecule has 110 valence electrons. The second kappa shape index (κ2) is 6.91. The first-order chi connectivity index (χ1) is 9.31. The predicted molar refractivity (Wildman–Crippen MR) is 79.0 cm³/mol. The first-order valence-electron chi connectivity index (χ1n) is 6.53. The predicted octanol–water partition coefficient (Wildman–Crippen LogP) is 1.34. The molecule has 0 saturated heterocycles. The molecule has 0 spiro atoms. The van der Waals surface area contributed by atoms with Crippen LogP contribution in [0.15, 0.2) is 24.3 Å². The second-order valence-electron chi connectivity index (χ2n) is 5.13. The number of benzene rings is 1. The molecule has 0 radical (unpaired) electrons. The van der Waals surface area contributed by atoms with Gasteiger partial charge in [0, 0.05) is 11.7 Å². The highest BCUT2D eigenvalue weighted by molar-refractivity contribution is 5.93. The summed E-state index contributed by atoms with van der Waals surface area (Å²) < 4.78 is 0. The number of rotatable bonds is 5. The topological polar surface area (TPSA) is 110 Å². The van der Waals surface area contributed by atoms with E-state index in [-0.39, 0.29) is 12.0 Å². The van der Waals surface area contributed by atoms with E-state index in [1.54, 1.807) is 12.1 Å². The Bertz CT molecular complexity index is 469. The minimum absolute atomic E-state index is 0.0574. The molecule has 0 aliphatic heterocycles. The van der Waals surface area contributed by atoms with Gasteiger partial charge in [0.25, 0.3) is 0 Å². The maximum absolute atomic E-state index is 11.8. The van der Waals surface area contributed by atoms with Gasteiger partial charge in [0.15, 0.2) is 0 Å². The van der Waals surface area contributed by atoms with Gasteiger partial charge < -0.3 is 22.1 Å². The number of carbonyl (C=O) groups excluding carboxylic acids is 2. The molecular formula is C14H22N4O2. The van der Waals surface area contributed by atoms with E-state index in [4.69, 9.17) is 11.5 Å². The molecule has 0 heterocycles. The fraction of sp³-hybridized carbons (Fsp3) is 0.429. The fourth-order valence-electron chi connectivity index (χ4n) is 1.74. The van der Waals surface area contributed by atoms with Crippen LogP contribution in [-0.2, 0) is 4.79 Å². The highest BCUT2D eigenvalue weighted by Gasteiger charge is 2.21. The second-order valence-corrected chi connectivity index (χ2v) is 5.13. The smallest absolute Gasteiger partial charge is 0.319 e. The van der Waals surface area contributed by atoms with Gasteiger partial charge in [-0.25, -0.2) is 4.79 Å². The number of nitrogens with two attached hydrogens (primary N) is 2. The van der Waals surface area contributed by atoms with Crippen molar-refractivity contribution < 1.29 is 9.59 Å². The van der Waals surface area contributed by atoms with Gasteiger partial charge in [-0.15, -0.1) is 0 Å². The van der Waals surface area contributed by atoms with Crippen LogP contribution in [0.2, 0.25) is 0 Å². The van der Waals surface area contributed by atoms with Gasteiger partial charge in [-0.3, -0.25) is 4.79 Å². The number of hydrogen-bond donors (Lipinski definition) is 4. The third-order valence-electron chi connectivity index (χ3n) is 2.95. The monoisotopic (exact) mass is 278 g/mol. The number of primary amides is 1. The standard InChI is InChI=1S/C14H22N4O2/c1-8(2)12(13(16)19)18-14(20)17-11-6-4-10(5-7-11)9(3)15/h4-9,12H,15H2,1-3H3,(H2,16,19)(H2,17,18,20).